The van der Waals surface area contributed by atoms with Crippen molar-refractivity contribution in [2.24, 2.45) is 11.3 Å². The Morgan fingerprint density at radius 2 is 1.93 bits per heavy atom. The van der Waals surface area contributed by atoms with E-state index < -0.39 is 6.04 Å². The Labute approximate surface area is 159 Å². The summed E-state index contributed by atoms with van der Waals surface area (Å²) in [5.41, 5.74) is 0.641. The Balaban J connectivity index is 1.89. The minimum Gasteiger partial charge on any atom is -0.334 e. The standard InChI is InChI=1S/C19H27N5O3/c1-12(2)8-23-17(26)15-9-22(10-19(4,5)11-24(15)18(23)27)16(25)14-7-20-13(3)6-21-14/h6-7,12,15H,8-11H2,1-5H3. The van der Waals surface area contributed by atoms with Crippen LogP contribution in [0.25, 0.3) is 0 Å². The zero-order chi connectivity index (χ0) is 19.9. The molecule has 146 valence electrons. The number of hydrogen-bond donors (Lipinski definition) is 0. The third-order valence-corrected chi connectivity index (χ3v) is 4.85. The molecular formula is C19H27N5O3. The number of urea groups is 1. The minimum atomic E-state index is -0.639. The number of nitrogens with zero attached hydrogens (tertiary/aromatic N) is 5. The molecule has 2 aliphatic rings. The topological polar surface area (TPSA) is 86.7 Å². The molecule has 1 unspecified atom stereocenters. The molecule has 4 amide bonds. The third-order valence-electron chi connectivity index (χ3n) is 4.85. The Kier molecular flexibility index (Phi) is 4.92. The van der Waals surface area contributed by atoms with Crippen molar-refractivity contribution in [1.82, 2.24) is 24.7 Å². The first kappa shape index (κ1) is 19.3. The van der Waals surface area contributed by atoms with Crippen LogP contribution < -0.4 is 0 Å². The van der Waals surface area contributed by atoms with Crippen LogP contribution in [0, 0.1) is 18.3 Å². The number of amides is 4. The monoisotopic (exact) mass is 373 g/mol. The van der Waals surface area contributed by atoms with E-state index in [1.807, 2.05) is 27.7 Å². The summed E-state index contributed by atoms with van der Waals surface area (Å²) < 4.78 is 0. The summed E-state index contributed by atoms with van der Waals surface area (Å²) in [4.78, 5) is 51.6. The van der Waals surface area contributed by atoms with Gasteiger partial charge in [0.15, 0.2) is 0 Å². The van der Waals surface area contributed by atoms with Crippen LogP contribution in [0.5, 0.6) is 0 Å². The fourth-order valence-electron chi connectivity index (χ4n) is 3.70. The largest absolute Gasteiger partial charge is 0.334 e. The van der Waals surface area contributed by atoms with E-state index in [2.05, 4.69) is 9.97 Å². The average Bonchev–Trinajstić information content (AvgIpc) is 2.72. The van der Waals surface area contributed by atoms with Crippen molar-refractivity contribution in [3.05, 3.63) is 23.8 Å². The zero-order valence-corrected chi connectivity index (χ0v) is 16.6. The third kappa shape index (κ3) is 3.79. The summed E-state index contributed by atoms with van der Waals surface area (Å²) in [5, 5.41) is 0. The SMILES string of the molecule is Cc1cnc(C(=O)N2CC3C(=O)N(CC(C)C)C(=O)N3CC(C)(C)C2)cn1. The van der Waals surface area contributed by atoms with Crippen molar-refractivity contribution in [3.63, 3.8) is 0 Å². The normalized spacial score (nSPS) is 22.3. The molecule has 2 saturated heterocycles. The van der Waals surface area contributed by atoms with Crippen molar-refractivity contribution in [1.29, 1.82) is 0 Å². The van der Waals surface area contributed by atoms with Crippen LogP contribution >= 0.6 is 0 Å². The summed E-state index contributed by atoms with van der Waals surface area (Å²) in [6.07, 6.45) is 3.01. The number of imide groups is 1. The van der Waals surface area contributed by atoms with E-state index in [-0.39, 0.29) is 41.4 Å². The maximum Gasteiger partial charge on any atom is 0.327 e. The van der Waals surface area contributed by atoms with Gasteiger partial charge in [-0.3, -0.25) is 19.5 Å². The molecule has 1 aromatic heterocycles. The number of rotatable bonds is 3. The van der Waals surface area contributed by atoms with Gasteiger partial charge in [0.2, 0.25) is 0 Å². The lowest BCUT2D eigenvalue weighted by molar-refractivity contribution is -0.128. The second kappa shape index (κ2) is 6.90. The lowest BCUT2D eigenvalue weighted by Gasteiger charge is -2.30. The highest BCUT2D eigenvalue weighted by atomic mass is 16.2. The van der Waals surface area contributed by atoms with Crippen LogP contribution in [-0.4, -0.2) is 74.7 Å². The van der Waals surface area contributed by atoms with E-state index in [0.717, 1.165) is 5.69 Å². The highest BCUT2D eigenvalue weighted by Gasteiger charge is 2.50. The first-order chi connectivity index (χ1) is 12.6. The number of carbonyl (C=O) groups excluding carboxylic acids is 3. The molecule has 0 N–H and O–H groups in total. The van der Waals surface area contributed by atoms with Gasteiger partial charge in [0.25, 0.3) is 11.8 Å². The van der Waals surface area contributed by atoms with Gasteiger partial charge in [0, 0.05) is 31.2 Å². The van der Waals surface area contributed by atoms with Gasteiger partial charge in [-0.15, -0.1) is 0 Å². The van der Waals surface area contributed by atoms with Gasteiger partial charge in [0.05, 0.1) is 18.4 Å². The quantitative estimate of drug-likeness (QED) is 0.751. The van der Waals surface area contributed by atoms with E-state index in [1.54, 1.807) is 22.9 Å². The molecule has 3 heterocycles. The van der Waals surface area contributed by atoms with E-state index >= 15 is 0 Å². The van der Waals surface area contributed by atoms with Crippen molar-refractivity contribution in [3.8, 4) is 0 Å². The Morgan fingerprint density at radius 1 is 1.22 bits per heavy atom. The first-order valence-corrected chi connectivity index (χ1v) is 9.29. The van der Waals surface area contributed by atoms with Crippen LogP contribution in [0.1, 0.15) is 43.9 Å². The second-order valence-electron chi connectivity index (χ2n) is 8.66. The number of fused-ring (bicyclic) bond motifs is 1. The number of aromatic nitrogens is 2. The van der Waals surface area contributed by atoms with Crippen LogP contribution in [0.4, 0.5) is 4.79 Å². The first-order valence-electron chi connectivity index (χ1n) is 9.29. The maximum absolute atomic E-state index is 13.0. The maximum atomic E-state index is 13.0. The van der Waals surface area contributed by atoms with E-state index in [4.69, 9.17) is 0 Å². The average molecular weight is 373 g/mol. The summed E-state index contributed by atoms with van der Waals surface area (Å²) >= 11 is 0. The molecule has 8 heteroatoms. The molecule has 27 heavy (non-hydrogen) atoms. The van der Waals surface area contributed by atoms with Crippen LogP contribution in [0.3, 0.4) is 0 Å². The highest BCUT2D eigenvalue weighted by molar-refractivity contribution is 6.05. The molecule has 0 spiro atoms. The molecule has 0 aromatic carbocycles. The molecule has 1 aromatic rings. The lowest BCUT2D eigenvalue weighted by Crippen LogP contribution is -2.44. The van der Waals surface area contributed by atoms with Crippen molar-refractivity contribution in [2.45, 2.75) is 40.7 Å². The summed E-state index contributed by atoms with van der Waals surface area (Å²) in [6, 6.07) is -0.892. The molecule has 2 aliphatic heterocycles. The molecule has 2 fully saturated rings. The molecule has 0 aliphatic carbocycles. The van der Waals surface area contributed by atoms with Crippen molar-refractivity contribution >= 4 is 17.8 Å². The summed E-state index contributed by atoms with van der Waals surface area (Å²) in [5.74, 6) is -0.297. The molecule has 3 rings (SSSR count). The zero-order valence-electron chi connectivity index (χ0n) is 16.6. The smallest absolute Gasteiger partial charge is 0.327 e. The van der Waals surface area contributed by atoms with E-state index in [9.17, 15) is 14.4 Å². The summed E-state index contributed by atoms with van der Waals surface area (Å²) in [6.45, 7) is 11.2. The molecule has 0 radical (unpaired) electrons. The Bertz CT molecular complexity index is 759. The fraction of sp³-hybridized carbons (Fsp3) is 0.632. The van der Waals surface area contributed by atoms with Crippen molar-refractivity contribution in [2.75, 3.05) is 26.2 Å². The molecule has 0 bridgehead atoms. The van der Waals surface area contributed by atoms with Gasteiger partial charge in [-0.05, 0) is 12.8 Å². The van der Waals surface area contributed by atoms with E-state index in [1.165, 1.54) is 11.1 Å². The Morgan fingerprint density at radius 3 is 2.52 bits per heavy atom. The van der Waals surface area contributed by atoms with Gasteiger partial charge in [-0.2, -0.15) is 0 Å². The molecule has 0 saturated carbocycles. The number of carbonyl (C=O) groups is 3. The second-order valence-corrected chi connectivity index (χ2v) is 8.66. The molecule has 8 nitrogen and oxygen atoms in total. The van der Waals surface area contributed by atoms with Gasteiger partial charge < -0.3 is 9.80 Å². The van der Waals surface area contributed by atoms with Gasteiger partial charge in [0.1, 0.15) is 11.7 Å². The number of hydrogen-bond acceptors (Lipinski definition) is 5. The van der Waals surface area contributed by atoms with Crippen molar-refractivity contribution < 1.29 is 14.4 Å². The van der Waals surface area contributed by atoms with Gasteiger partial charge >= 0.3 is 6.03 Å². The predicted octanol–water partition coefficient (Wildman–Crippen LogP) is 1.56. The Hall–Kier alpha value is -2.51. The lowest BCUT2D eigenvalue weighted by atomic mass is 9.92. The minimum absolute atomic E-state index is 0.178. The fourth-order valence-corrected chi connectivity index (χ4v) is 3.70. The molecular weight excluding hydrogens is 346 g/mol. The van der Waals surface area contributed by atoms with Gasteiger partial charge in [-0.25, -0.2) is 9.78 Å². The molecule has 1 atom stereocenters. The van der Waals surface area contributed by atoms with Crippen LogP contribution in [0.2, 0.25) is 0 Å². The van der Waals surface area contributed by atoms with Crippen LogP contribution in [0.15, 0.2) is 12.4 Å². The van der Waals surface area contributed by atoms with Gasteiger partial charge in [-0.1, -0.05) is 27.7 Å². The van der Waals surface area contributed by atoms with Crippen LogP contribution in [-0.2, 0) is 4.79 Å². The number of aryl methyl sites for hydroxylation is 1. The predicted molar refractivity (Wildman–Crippen MR) is 98.9 cm³/mol. The van der Waals surface area contributed by atoms with E-state index in [0.29, 0.717) is 19.6 Å². The summed E-state index contributed by atoms with van der Waals surface area (Å²) in [7, 11) is 0. The highest BCUT2D eigenvalue weighted by Crippen LogP contribution is 2.30.